The average molecular weight is 367 g/mol. The maximum Gasteiger partial charge on any atom is 0.244 e. The summed E-state index contributed by atoms with van der Waals surface area (Å²) in [5.41, 5.74) is 3.90. The van der Waals surface area contributed by atoms with Crippen molar-refractivity contribution in [2.24, 2.45) is 5.10 Å². The number of rotatable bonds is 6. The number of nitrogens with zero attached hydrogens (tertiary/aromatic N) is 1. The Balaban J connectivity index is 2.00. The van der Waals surface area contributed by atoms with Crippen molar-refractivity contribution in [3.05, 3.63) is 57.6 Å². The van der Waals surface area contributed by atoms with Crippen molar-refractivity contribution in [2.75, 3.05) is 14.2 Å². The molecule has 1 N–H and O–H groups in total. The fourth-order valence-corrected chi connectivity index (χ4v) is 2.30. The molecule has 0 saturated carbocycles. The molecule has 0 aliphatic heterocycles. The van der Waals surface area contributed by atoms with Gasteiger partial charge in [0.15, 0.2) is 11.5 Å². The highest BCUT2D eigenvalue weighted by Gasteiger charge is 2.08. The van der Waals surface area contributed by atoms with Gasteiger partial charge in [-0.2, -0.15) is 5.10 Å². The largest absolute Gasteiger partial charge is 0.493 e. The number of hydrogen-bond acceptors (Lipinski definition) is 4. The topological polar surface area (TPSA) is 59.9 Å². The molecule has 0 aliphatic carbocycles. The fourth-order valence-electron chi connectivity index (χ4n) is 1.97. The van der Waals surface area contributed by atoms with E-state index in [9.17, 15) is 4.79 Å². The van der Waals surface area contributed by atoms with Gasteiger partial charge in [0.1, 0.15) is 0 Å². The number of halogens is 2. The molecular formula is C17H16Cl2N2O3. The van der Waals surface area contributed by atoms with Crippen LogP contribution in [0, 0.1) is 0 Å². The second-order valence-electron chi connectivity index (χ2n) is 4.83. The Kier molecular flexibility index (Phi) is 6.46. The zero-order valence-corrected chi connectivity index (χ0v) is 14.7. The summed E-state index contributed by atoms with van der Waals surface area (Å²) in [7, 11) is 3.06. The number of amides is 1. The molecule has 0 aromatic heterocycles. The molecule has 0 unspecified atom stereocenters. The third-order valence-electron chi connectivity index (χ3n) is 3.17. The SMILES string of the molecule is COc1cc(Cl)c(/C=N\NC(=O)Cc2ccc(Cl)cc2)cc1OC. The number of ether oxygens (including phenoxy) is 2. The van der Waals surface area contributed by atoms with Gasteiger partial charge in [-0.1, -0.05) is 35.3 Å². The summed E-state index contributed by atoms with van der Waals surface area (Å²) < 4.78 is 10.4. The van der Waals surface area contributed by atoms with Crippen LogP contribution in [0.3, 0.4) is 0 Å². The molecule has 0 bridgehead atoms. The molecule has 0 heterocycles. The Morgan fingerprint density at radius 1 is 1.12 bits per heavy atom. The van der Waals surface area contributed by atoms with Gasteiger partial charge in [0.25, 0.3) is 0 Å². The smallest absolute Gasteiger partial charge is 0.244 e. The minimum absolute atomic E-state index is 0.203. The van der Waals surface area contributed by atoms with E-state index in [1.54, 1.807) is 36.4 Å². The Labute approximate surface area is 150 Å². The lowest BCUT2D eigenvalue weighted by Crippen LogP contribution is -2.19. The van der Waals surface area contributed by atoms with Crippen molar-refractivity contribution in [1.82, 2.24) is 5.43 Å². The molecule has 0 radical (unpaired) electrons. The maximum atomic E-state index is 11.9. The highest BCUT2D eigenvalue weighted by atomic mass is 35.5. The van der Waals surface area contributed by atoms with Gasteiger partial charge in [0.05, 0.1) is 31.9 Å². The van der Waals surface area contributed by atoms with Crippen molar-refractivity contribution < 1.29 is 14.3 Å². The molecule has 0 aliphatic rings. The molecular weight excluding hydrogens is 351 g/mol. The van der Waals surface area contributed by atoms with E-state index in [1.165, 1.54) is 20.4 Å². The first-order valence-corrected chi connectivity index (χ1v) is 7.77. The molecule has 5 nitrogen and oxygen atoms in total. The molecule has 7 heteroatoms. The maximum absolute atomic E-state index is 11.9. The van der Waals surface area contributed by atoms with Crippen LogP contribution in [0.5, 0.6) is 11.5 Å². The minimum Gasteiger partial charge on any atom is -0.493 e. The van der Waals surface area contributed by atoms with Crippen LogP contribution < -0.4 is 14.9 Å². The van der Waals surface area contributed by atoms with E-state index >= 15 is 0 Å². The van der Waals surface area contributed by atoms with Crippen LogP contribution >= 0.6 is 23.2 Å². The van der Waals surface area contributed by atoms with Gasteiger partial charge in [-0.05, 0) is 23.8 Å². The van der Waals surface area contributed by atoms with Gasteiger partial charge in [0, 0.05) is 16.7 Å². The molecule has 1 amide bonds. The normalized spacial score (nSPS) is 10.7. The van der Waals surface area contributed by atoms with Crippen molar-refractivity contribution >= 4 is 35.3 Å². The number of hydrazone groups is 1. The van der Waals surface area contributed by atoms with Gasteiger partial charge in [-0.25, -0.2) is 5.43 Å². The van der Waals surface area contributed by atoms with E-state index < -0.39 is 0 Å². The summed E-state index contributed by atoms with van der Waals surface area (Å²) >= 11 is 12.0. The summed E-state index contributed by atoms with van der Waals surface area (Å²) in [5.74, 6) is 0.799. The molecule has 0 spiro atoms. The Hall–Kier alpha value is -2.24. The second-order valence-corrected chi connectivity index (χ2v) is 5.67. The van der Waals surface area contributed by atoms with E-state index in [1.807, 2.05) is 0 Å². The molecule has 2 aromatic rings. The molecule has 2 rings (SSSR count). The van der Waals surface area contributed by atoms with Crippen LogP contribution in [0.1, 0.15) is 11.1 Å². The zero-order chi connectivity index (χ0) is 17.5. The molecule has 0 fully saturated rings. The first-order chi connectivity index (χ1) is 11.5. The number of nitrogens with one attached hydrogen (secondary N) is 1. The van der Waals surface area contributed by atoms with Gasteiger partial charge >= 0.3 is 0 Å². The monoisotopic (exact) mass is 366 g/mol. The summed E-state index contributed by atoms with van der Waals surface area (Å²) in [4.78, 5) is 11.9. The molecule has 0 atom stereocenters. The Morgan fingerprint density at radius 3 is 2.38 bits per heavy atom. The summed E-state index contributed by atoms with van der Waals surface area (Å²) in [6.07, 6.45) is 1.65. The predicted molar refractivity (Wildman–Crippen MR) is 95.4 cm³/mol. The number of carbonyl (C=O) groups is 1. The van der Waals surface area contributed by atoms with E-state index in [0.29, 0.717) is 27.1 Å². The molecule has 2 aromatic carbocycles. The van der Waals surface area contributed by atoms with Gasteiger partial charge in [-0.3, -0.25) is 4.79 Å². The van der Waals surface area contributed by atoms with Crippen molar-refractivity contribution in [3.63, 3.8) is 0 Å². The highest BCUT2D eigenvalue weighted by molar-refractivity contribution is 6.33. The van der Waals surface area contributed by atoms with Crippen LogP contribution in [-0.2, 0) is 11.2 Å². The Morgan fingerprint density at radius 2 is 1.75 bits per heavy atom. The van der Waals surface area contributed by atoms with E-state index in [-0.39, 0.29) is 12.3 Å². The lowest BCUT2D eigenvalue weighted by atomic mass is 10.1. The summed E-state index contributed by atoms with van der Waals surface area (Å²) in [6, 6.07) is 10.3. The Bertz CT molecular complexity index is 746. The molecule has 0 saturated heterocycles. The number of carbonyl (C=O) groups excluding carboxylic acids is 1. The third kappa shape index (κ3) is 4.88. The standard InChI is InChI=1S/C17H16Cl2N2O3/c1-23-15-8-12(14(19)9-16(15)24-2)10-20-21-17(22)7-11-3-5-13(18)6-4-11/h3-6,8-10H,7H2,1-2H3,(H,21,22)/b20-10-. The minimum atomic E-state index is -0.245. The van der Waals surface area contributed by atoms with Crippen molar-refractivity contribution in [3.8, 4) is 11.5 Å². The number of benzene rings is 2. The first-order valence-electron chi connectivity index (χ1n) is 7.01. The summed E-state index contributed by atoms with van der Waals surface area (Å²) in [5, 5.41) is 4.97. The van der Waals surface area contributed by atoms with Crippen LogP contribution in [0.15, 0.2) is 41.5 Å². The van der Waals surface area contributed by atoms with Crippen LogP contribution in [0.25, 0.3) is 0 Å². The third-order valence-corrected chi connectivity index (χ3v) is 3.75. The van der Waals surface area contributed by atoms with E-state index in [0.717, 1.165) is 5.56 Å². The highest BCUT2D eigenvalue weighted by Crippen LogP contribution is 2.32. The predicted octanol–water partition coefficient (Wildman–Crippen LogP) is 3.70. The molecule has 126 valence electrons. The number of methoxy groups -OCH3 is 2. The average Bonchev–Trinajstić information content (AvgIpc) is 2.58. The quantitative estimate of drug-likeness (QED) is 0.626. The second kappa shape index (κ2) is 8.57. The zero-order valence-electron chi connectivity index (χ0n) is 13.2. The van der Waals surface area contributed by atoms with Gasteiger partial charge in [-0.15, -0.1) is 0 Å². The molecule has 24 heavy (non-hydrogen) atoms. The van der Waals surface area contributed by atoms with Crippen molar-refractivity contribution in [2.45, 2.75) is 6.42 Å². The van der Waals surface area contributed by atoms with Gasteiger partial charge < -0.3 is 9.47 Å². The lowest BCUT2D eigenvalue weighted by molar-refractivity contribution is -0.120. The lowest BCUT2D eigenvalue weighted by Gasteiger charge is -2.09. The van der Waals surface area contributed by atoms with Gasteiger partial charge in [0.2, 0.25) is 5.91 Å². The first kappa shape index (κ1) is 18.1. The van der Waals surface area contributed by atoms with E-state index in [2.05, 4.69) is 10.5 Å². The summed E-state index contributed by atoms with van der Waals surface area (Å²) in [6.45, 7) is 0. The fraction of sp³-hybridized carbons (Fsp3) is 0.176. The number of hydrogen-bond donors (Lipinski definition) is 1. The van der Waals surface area contributed by atoms with Crippen molar-refractivity contribution in [1.29, 1.82) is 0 Å². The van der Waals surface area contributed by atoms with Crippen LogP contribution in [0.4, 0.5) is 0 Å². The van der Waals surface area contributed by atoms with Crippen LogP contribution in [0.2, 0.25) is 10.0 Å². The van der Waals surface area contributed by atoms with E-state index in [4.69, 9.17) is 32.7 Å². The van der Waals surface area contributed by atoms with Crippen LogP contribution in [-0.4, -0.2) is 26.3 Å².